The Balaban J connectivity index is 2.07. The van der Waals surface area contributed by atoms with E-state index in [-0.39, 0.29) is 0 Å². The monoisotopic (exact) mass is 286 g/mol. The lowest BCUT2D eigenvalue weighted by atomic mass is 9.92. The molecule has 2 rings (SSSR count). The molecular weight excluding hydrogens is 267 g/mol. The van der Waals surface area contributed by atoms with E-state index in [9.17, 15) is 0 Å². The van der Waals surface area contributed by atoms with Crippen LogP contribution in [0.4, 0.5) is 0 Å². The molecule has 2 unspecified atom stereocenters. The van der Waals surface area contributed by atoms with Crippen LogP contribution in [0.3, 0.4) is 0 Å². The molecule has 0 saturated carbocycles. The molecule has 1 heterocycles. The van der Waals surface area contributed by atoms with Gasteiger partial charge < -0.3 is 5.73 Å². The van der Waals surface area contributed by atoms with Gasteiger partial charge in [-0.15, -0.1) is 0 Å². The normalized spacial score (nSPS) is 25.3. The minimum absolute atomic E-state index is 0.473. The topological polar surface area (TPSA) is 29.3 Å². The molecule has 1 aromatic carbocycles. The Morgan fingerprint density at radius 2 is 2.17 bits per heavy atom. The van der Waals surface area contributed by atoms with Gasteiger partial charge in [-0.3, -0.25) is 4.90 Å². The van der Waals surface area contributed by atoms with Crippen LogP contribution in [0.25, 0.3) is 0 Å². The highest BCUT2D eigenvalue weighted by Crippen LogP contribution is 2.27. The molecule has 1 saturated heterocycles. The molecule has 1 aromatic rings. The van der Waals surface area contributed by atoms with Crippen molar-refractivity contribution in [1.29, 1.82) is 0 Å². The lowest BCUT2D eigenvalue weighted by molar-refractivity contribution is 0.115. The van der Waals surface area contributed by atoms with Crippen molar-refractivity contribution in [2.75, 3.05) is 13.1 Å². The van der Waals surface area contributed by atoms with Crippen molar-refractivity contribution in [3.8, 4) is 0 Å². The maximum Gasteiger partial charge on any atom is 0.0465 e. The molecule has 1 aliphatic heterocycles. The third kappa shape index (κ3) is 3.39. The molecule has 0 spiro atoms. The first-order chi connectivity index (χ1) is 8.60. The van der Waals surface area contributed by atoms with E-state index < -0.39 is 0 Å². The molecule has 1 aliphatic rings. The van der Waals surface area contributed by atoms with Crippen molar-refractivity contribution >= 4 is 23.2 Å². The van der Waals surface area contributed by atoms with E-state index in [2.05, 4.69) is 11.8 Å². The first kappa shape index (κ1) is 14.1. The fourth-order valence-corrected chi connectivity index (χ4v) is 3.09. The van der Waals surface area contributed by atoms with Crippen molar-refractivity contribution in [2.24, 2.45) is 11.7 Å². The van der Waals surface area contributed by atoms with Gasteiger partial charge in [0.25, 0.3) is 0 Å². The summed E-state index contributed by atoms with van der Waals surface area (Å²) in [6, 6.07) is 6.19. The van der Waals surface area contributed by atoms with Crippen molar-refractivity contribution in [1.82, 2.24) is 4.90 Å². The van der Waals surface area contributed by atoms with E-state index in [0.717, 1.165) is 36.1 Å². The van der Waals surface area contributed by atoms with Crippen LogP contribution in [-0.2, 0) is 6.54 Å². The summed E-state index contributed by atoms with van der Waals surface area (Å²) in [5.41, 5.74) is 7.01. The lowest BCUT2D eigenvalue weighted by Crippen LogP contribution is -2.45. The summed E-state index contributed by atoms with van der Waals surface area (Å²) in [4.78, 5) is 2.44. The predicted molar refractivity (Wildman–Crippen MR) is 78.1 cm³/mol. The highest BCUT2D eigenvalue weighted by molar-refractivity contribution is 6.35. The third-order valence-electron chi connectivity index (χ3n) is 3.76. The van der Waals surface area contributed by atoms with Crippen LogP contribution >= 0.6 is 23.2 Å². The number of benzene rings is 1. The van der Waals surface area contributed by atoms with Gasteiger partial charge in [0.1, 0.15) is 0 Å². The molecule has 0 radical (unpaired) electrons. The van der Waals surface area contributed by atoms with Crippen LogP contribution in [0.2, 0.25) is 10.0 Å². The number of halogens is 2. The second kappa shape index (κ2) is 6.25. The summed E-state index contributed by atoms with van der Waals surface area (Å²) in [5.74, 6) is 0.774. The average Bonchev–Trinajstić information content (AvgIpc) is 2.34. The van der Waals surface area contributed by atoms with E-state index in [4.69, 9.17) is 28.9 Å². The molecule has 1 fully saturated rings. The summed E-state index contributed by atoms with van der Waals surface area (Å²) in [5, 5.41) is 1.43. The molecule has 0 amide bonds. The van der Waals surface area contributed by atoms with Gasteiger partial charge in [-0.25, -0.2) is 0 Å². The van der Waals surface area contributed by atoms with Crippen LogP contribution in [0.15, 0.2) is 18.2 Å². The summed E-state index contributed by atoms with van der Waals surface area (Å²) >= 11 is 12.1. The zero-order valence-corrected chi connectivity index (χ0v) is 12.2. The van der Waals surface area contributed by atoms with E-state index in [1.54, 1.807) is 0 Å². The van der Waals surface area contributed by atoms with Crippen LogP contribution in [0.1, 0.15) is 25.3 Å². The molecular formula is C14H20Cl2N2. The van der Waals surface area contributed by atoms with Gasteiger partial charge >= 0.3 is 0 Å². The minimum Gasteiger partial charge on any atom is -0.329 e. The molecule has 2 atom stereocenters. The summed E-state index contributed by atoms with van der Waals surface area (Å²) < 4.78 is 0. The van der Waals surface area contributed by atoms with Crippen molar-refractivity contribution < 1.29 is 0 Å². The summed E-state index contributed by atoms with van der Waals surface area (Å²) in [7, 11) is 0. The number of rotatable bonds is 3. The van der Waals surface area contributed by atoms with Crippen LogP contribution < -0.4 is 5.73 Å². The highest BCUT2D eigenvalue weighted by Gasteiger charge is 2.25. The fraction of sp³-hybridized carbons (Fsp3) is 0.571. The van der Waals surface area contributed by atoms with Crippen LogP contribution in [0, 0.1) is 5.92 Å². The fourth-order valence-electron chi connectivity index (χ4n) is 2.62. The smallest absolute Gasteiger partial charge is 0.0465 e. The number of hydrogen-bond acceptors (Lipinski definition) is 2. The van der Waals surface area contributed by atoms with Gasteiger partial charge in [0.15, 0.2) is 0 Å². The lowest BCUT2D eigenvalue weighted by Gasteiger charge is -2.38. The van der Waals surface area contributed by atoms with Crippen molar-refractivity contribution in [3.05, 3.63) is 33.8 Å². The molecule has 0 bridgehead atoms. The van der Waals surface area contributed by atoms with Crippen LogP contribution in [-0.4, -0.2) is 24.0 Å². The zero-order valence-electron chi connectivity index (χ0n) is 10.7. The predicted octanol–water partition coefficient (Wildman–Crippen LogP) is 3.55. The molecule has 4 heteroatoms. The van der Waals surface area contributed by atoms with Gasteiger partial charge in [-0.1, -0.05) is 36.2 Å². The highest BCUT2D eigenvalue weighted by atomic mass is 35.5. The Morgan fingerprint density at radius 3 is 2.83 bits per heavy atom. The van der Waals surface area contributed by atoms with E-state index in [1.807, 2.05) is 18.2 Å². The molecule has 100 valence electrons. The van der Waals surface area contributed by atoms with Crippen molar-refractivity contribution in [3.63, 3.8) is 0 Å². The molecule has 0 aromatic heterocycles. The SMILES string of the molecule is CC1CCN(Cc2ccc(Cl)cc2Cl)C(CN)C1. The largest absolute Gasteiger partial charge is 0.329 e. The second-order valence-corrected chi connectivity index (χ2v) is 6.07. The van der Waals surface area contributed by atoms with Gasteiger partial charge in [0, 0.05) is 29.2 Å². The minimum atomic E-state index is 0.473. The quantitative estimate of drug-likeness (QED) is 0.921. The standard InChI is InChI=1S/C14H20Cl2N2/c1-10-4-5-18(13(6-10)8-17)9-11-2-3-12(15)7-14(11)16/h2-3,7,10,13H,4-6,8-9,17H2,1H3. The van der Waals surface area contributed by atoms with E-state index in [1.165, 1.54) is 12.8 Å². The Kier molecular flexibility index (Phi) is 4.91. The number of hydrogen-bond donors (Lipinski definition) is 1. The maximum absolute atomic E-state index is 6.23. The number of nitrogens with zero attached hydrogens (tertiary/aromatic N) is 1. The number of likely N-dealkylation sites (tertiary alicyclic amines) is 1. The van der Waals surface area contributed by atoms with Gasteiger partial charge in [0.2, 0.25) is 0 Å². The first-order valence-electron chi connectivity index (χ1n) is 6.48. The molecule has 18 heavy (non-hydrogen) atoms. The van der Waals surface area contributed by atoms with Crippen molar-refractivity contribution in [2.45, 2.75) is 32.4 Å². The van der Waals surface area contributed by atoms with Crippen LogP contribution in [0.5, 0.6) is 0 Å². The number of nitrogens with two attached hydrogens (primary N) is 1. The van der Waals surface area contributed by atoms with E-state index >= 15 is 0 Å². The van der Waals surface area contributed by atoms with E-state index in [0.29, 0.717) is 11.1 Å². The summed E-state index contributed by atoms with van der Waals surface area (Å²) in [6.07, 6.45) is 2.42. The van der Waals surface area contributed by atoms with Gasteiger partial charge in [-0.2, -0.15) is 0 Å². The molecule has 2 nitrogen and oxygen atoms in total. The Bertz CT molecular complexity index is 409. The first-order valence-corrected chi connectivity index (χ1v) is 7.23. The Labute approximate surface area is 119 Å². The summed E-state index contributed by atoms with van der Waals surface area (Å²) in [6.45, 7) is 4.98. The molecule has 2 N–H and O–H groups in total. The average molecular weight is 287 g/mol. The molecule has 0 aliphatic carbocycles. The zero-order chi connectivity index (χ0) is 13.1. The second-order valence-electron chi connectivity index (χ2n) is 5.23. The Hall–Kier alpha value is -0.280. The maximum atomic E-state index is 6.23. The Morgan fingerprint density at radius 1 is 1.39 bits per heavy atom. The number of piperidine rings is 1. The van der Waals surface area contributed by atoms with Gasteiger partial charge in [-0.05, 0) is 43.0 Å². The van der Waals surface area contributed by atoms with Gasteiger partial charge in [0.05, 0.1) is 0 Å². The third-order valence-corrected chi connectivity index (χ3v) is 4.35.